The monoisotopic (exact) mass is 292 g/mol. The number of hydrogen-bond acceptors (Lipinski definition) is 5. The van der Waals surface area contributed by atoms with E-state index >= 15 is 0 Å². The number of ether oxygens (including phenoxy) is 1. The molecular formula is C15H24N4O2. The maximum absolute atomic E-state index is 5.81. The summed E-state index contributed by atoms with van der Waals surface area (Å²) in [6, 6.07) is 2.05. The van der Waals surface area contributed by atoms with Gasteiger partial charge >= 0.3 is 0 Å². The number of aryl methyl sites for hydroxylation is 3. The van der Waals surface area contributed by atoms with Crippen molar-refractivity contribution in [3.63, 3.8) is 0 Å². The molecule has 6 nitrogen and oxygen atoms in total. The number of nitrogens with zero attached hydrogens (tertiary/aromatic N) is 3. The minimum atomic E-state index is 0.739. The van der Waals surface area contributed by atoms with Crippen LogP contribution in [0.1, 0.15) is 24.9 Å². The Hall–Kier alpha value is -1.66. The van der Waals surface area contributed by atoms with E-state index in [1.165, 1.54) is 0 Å². The molecule has 0 atom stereocenters. The quantitative estimate of drug-likeness (QED) is 0.714. The summed E-state index contributed by atoms with van der Waals surface area (Å²) in [5, 5.41) is 7.73. The SMILES string of the molecule is CCc1cc(-c2cnc(CCCNCCOC)o2)n(C)n1. The van der Waals surface area contributed by atoms with Crippen molar-refractivity contribution in [2.45, 2.75) is 26.2 Å². The second-order valence-electron chi connectivity index (χ2n) is 4.96. The van der Waals surface area contributed by atoms with E-state index in [9.17, 15) is 0 Å². The Kier molecular flexibility index (Phi) is 5.95. The van der Waals surface area contributed by atoms with E-state index in [0.29, 0.717) is 0 Å². The van der Waals surface area contributed by atoms with Gasteiger partial charge in [-0.1, -0.05) is 6.92 Å². The van der Waals surface area contributed by atoms with Crippen molar-refractivity contribution in [1.29, 1.82) is 0 Å². The molecule has 0 fully saturated rings. The number of oxazole rings is 1. The van der Waals surface area contributed by atoms with Crippen LogP contribution in [0.15, 0.2) is 16.7 Å². The van der Waals surface area contributed by atoms with Crippen molar-refractivity contribution < 1.29 is 9.15 Å². The van der Waals surface area contributed by atoms with Gasteiger partial charge in [0.05, 0.1) is 18.5 Å². The van der Waals surface area contributed by atoms with E-state index in [-0.39, 0.29) is 0 Å². The van der Waals surface area contributed by atoms with Crippen LogP contribution in [-0.2, 0) is 24.6 Å². The van der Waals surface area contributed by atoms with Crippen molar-refractivity contribution in [3.05, 3.63) is 23.8 Å². The Morgan fingerprint density at radius 1 is 1.38 bits per heavy atom. The molecule has 116 valence electrons. The van der Waals surface area contributed by atoms with Crippen LogP contribution in [0.2, 0.25) is 0 Å². The molecule has 0 aliphatic heterocycles. The molecule has 0 aliphatic rings. The Labute approximate surface area is 125 Å². The van der Waals surface area contributed by atoms with E-state index in [2.05, 4.69) is 28.4 Å². The van der Waals surface area contributed by atoms with Gasteiger partial charge in [-0.2, -0.15) is 5.10 Å². The third-order valence-corrected chi connectivity index (χ3v) is 3.33. The third kappa shape index (κ3) is 4.41. The molecule has 0 spiro atoms. The fourth-order valence-electron chi connectivity index (χ4n) is 2.14. The van der Waals surface area contributed by atoms with E-state index in [4.69, 9.17) is 9.15 Å². The molecule has 0 unspecified atom stereocenters. The maximum Gasteiger partial charge on any atom is 0.195 e. The summed E-state index contributed by atoms with van der Waals surface area (Å²) in [4.78, 5) is 4.34. The lowest BCUT2D eigenvalue weighted by Gasteiger charge is -2.02. The highest BCUT2D eigenvalue weighted by Gasteiger charge is 2.11. The van der Waals surface area contributed by atoms with Crippen LogP contribution in [0.3, 0.4) is 0 Å². The second kappa shape index (κ2) is 7.95. The first kappa shape index (κ1) is 15.7. The number of hydrogen-bond donors (Lipinski definition) is 1. The summed E-state index contributed by atoms with van der Waals surface area (Å²) >= 11 is 0. The lowest BCUT2D eigenvalue weighted by atomic mass is 10.3. The Balaban J connectivity index is 1.85. The summed E-state index contributed by atoms with van der Waals surface area (Å²) in [5.41, 5.74) is 2.04. The Bertz CT molecular complexity index is 548. The predicted octanol–water partition coefficient (Wildman–Crippen LogP) is 1.81. The molecule has 2 rings (SSSR count). The van der Waals surface area contributed by atoms with Gasteiger partial charge in [0.15, 0.2) is 11.7 Å². The van der Waals surface area contributed by atoms with E-state index in [1.54, 1.807) is 13.3 Å². The summed E-state index contributed by atoms with van der Waals surface area (Å²) < 4.78 is 12.6. The van der Waals surface area contributed by atoms with Gasteiger partial charge in [0, 0.05) is 27.1 Å². The minimum absolute atomic E-state index is 0.739. The van der Waals surface area contributed by atoms with Crippen molar-refractivity contribution >= 4 is 0 Å². The van der Waals surface area contributed by atoms with Crippen molar-refractivity contribution in [2.75, 3.05) is 26.8 Å². The van der Waals surface area contributed by atoms with Gasteiger partial charge in [-0.05, 0) is 25.5 Å². The largest absolute Gasteiger partial charge is 0.439 e. The average molecular weight is 292 g/mol. The van der Waals surface area contributed by atoms with Crippen LogP contribution in [0, 0.1) is 0 Å². The van der Waals surface area contributed by atoms with Crippen LogP contribution in [0.25, 0.3) is 11.5 Å². The molecule has 0 radical (unpaired) electrons. The first-order valence-corrected chi connectivity index (χ1v) is 7.42. The average Bonchev–Trinajstić information content (AvgIpc) is 3.09. The standard InChI is InChI=1S/C15H24N4O2/c1-4-12-10-13(19(2)18-12)14-11-17-15(21-14)6-5-7-16-8-9-20-3/h10-11,16H,4-9H2,1-3H3. The van der Waals surface area contributed by atoms with Gasteiger partial charge in [0.1, 0.15) is 5.69 Å². The molecule has 0 saturated carbocycles. The van der Waals surface area contributed by atoms with Crippen LogP contribution >= 0.6 is 0 Å². The Morgan fingerprint density at radius 2 is 2.24 bits per heavy atom. The summed E-state index contributed by atoms with van der Waals surface area (Å²) in [5.74, 6) is 1.56. The van der Waals surface area contributed by atoms with Crippen LogP contribution in [-0.4, -0.2) is 41.6 Å². The zero-order chi connectivity index (χ0) is 15.1. The molecule has 1 N–H and O–H groups in total. The van der Waals surface area contributed by atoms with E-state index in [1.807, 2.05) is 11.7 Å². The number of rotatable bonds is 9. The van der Waals surface area contributed by atoms with Gasteiger partial charge in [-0.15, -0.1) is 0 Å². The third-order valence-electron chi connectivity index (χ3n) is 3.33. The summed E-state index contributed by atoms with van der Waals surface area (Å²) in [7, 11) is 3.63. The molecule has 0 saturated heterocycles. The maximum atomic E-state index is 5.81. The molecule has 0 amide bonds. The van der Waals surface area contributed by atoms with E-state index in [0.717, 1.165) is 62.0 Å². The molecule has 21 heavy (non-hydrogen) atoms. The van der Waals surface area contributed by atoms with E-state index < -0.39 is 0 Å². The lowest BCUT2D eigenvalue weighted by molar-refractivity contribution is 0.199. The van der Waals surface area contributed by atoms with Crippen molar-refractivity contribution in [1.82, 2.24) is 20.1 Å². The Morgan fingerprint density at radius 3 is 2.95 bits per heavy atom. The summed E-state index contributed by atoms with van der Waals surface area (Å²) in [6.07, 6.45) is 4.53. The van der Waals surface area contributed by atoms with Gasteiger partial charge in [0.25, 0.3) is 0 Å². The first-order chi connectivity index (χ1) is 10.2. The molecule has 0 bridgehead atoms. The molecule has 6 heteroatoms. The first-order valence-electron chi connectivity index (χ1n) is 7.42. The number of methoxy groups -OCH3 is 1. The van der Waals surface area contributed by atoms with Crippen LogP contribution < -0.4 is 5.32 Å². The van der Waals surface area contributed by atoms with Gasteiger partial charge < -0.3 is 14.5 Å². The zero-order valence-electron chi connectivity index (χ0n) is 13.1. The topological polar surface area (TPSA) is 65.1 Å². The molecule has 0 aromatic carbocycles. The van der Waals surface area contributed by atoms with Gasteiger partial charge in [-0.3, -0.25) is 4.68 Å². The van der Waals surface area contributed by atoms with Gasteiger partial charge in [0.2, 0.25) is 0 Å². The molecule has 2 aromatic heterocycles. The van der Waals surface area contributed by atoms with Gasteiger partial charge in [-0.25, -0.2) is 4.98 Å². The number of aromatic nitrogens is 3. The fraction of sp³-hybridized carbons (Fsp3) is 0.600. The highest BCUT2D eigenvalue weighted by atomic mass is 16.5. The number of nitrogens with one attached hydrogen (secondary N) is 1. The molecule has 0 aliphatic carbocycles. The highest BCUT2D eigenvalue weighted by molar-refractivity contribution is 5.51. The second-order valence-corrected chi connectivity index (χ2v) is 4.96. The normalized spacial score (nSPS) is 11.2. The lowest BCUT2D eigenvalue weighted by Crippen LogP contribution is -2.20. The van der Waals surface area contributed by atoms with Crippen LogP contribution in [0.4, 0.5) is 0 Å². The molecule has 2 aromatic rings. The predicted molar refractivity (Wildman–Crippen MR) is 81.1 cm³/mol. The minimum Gasteiger partial charge on any atom is -0.439 e. The fourth-order valence-corrected chi connectivity index (χ4v) is 2.14. The molecular weight excluding hydrogens is 268 g/mol. The van der Waals surface area contributed by atoms with Crippen molar-refractivity contribution in [3.8, 4) is 11.5 Å². The zero-order valence-corrected chi connectivity index (χ0v) is 13.1. The summed E-state index contributed by atoms with van der Waals surface area (Å²) in [6.45, 7) is 4.65. The molecule has 2 heterocycles. The smallest absolute Gasteiger partial charge is 0.195 e. The van der Waals surface area contributed by atoms with Crippen LogP contribution in [0.5, 0.6) is 0 Å². The highest BCUT2D eigenvalue weighted by Crippen LogP contribution is 2.21. The van der Waals surface area contributed by atoms with Crippen molar-refractivity contribution in [2.24, 2.45) is 7.05 Å².